The molecule has 182 valence electrons. The summed E-state index contributed by atoms with van der Waals surface area (Å²) >= 11 is 0. The number of carbonyl (C=O) groups excluding carboxylic acids is 2. The first-order chi connectivity index (χ1) is 17.4. The third-order valence-electron chi connectivity index (χ3n) is 6.44. The van der Waals surface area contributed by atoms with Gasteiger partial charge in [-0.15, -0.1) is 0 Å². The second kappa shape index (κ2) is 9.26. The molecule has 5 rings (SSSR count). The number of ketones is 1. The molecule has 7 nitrogen and oxygen atoms in total. The summed E-state index contributed by atoms with van der Waals surface area (Å²) in [5.41, 5.74) is 3.57. The Hall–Kier alpha value is -4.52. The number of aromatic amines is 1. The first-order valence-corrected chi connectivity index (χ1v) is 11.8. The SMILES string of the molecule is CCOc1ccc(C2/C(=C(/O)c3c[nH]c4ccccc34)C(=O)C(=O)N2c2ccc(N(C)C)cc2)cc1. The molecule has 0 spiro atoms. The Bertz CT molecular complexity index is 1470. The van der Waals surface area contributed by atoms with Crippen molar-refractivity contribution in [2.45, 2.75) is 13.0 Å². The fraction of sp³-hybridized carbons (Fsp3) is 0.172. The van der Waals surface area contributed by atoms with E-state index < -0.39 is 17.7 Å². The average Bonchev–Trinajstić information content (AvgIpc) is 3.43. The molecule has 1 aliphatic rings. The molecule has 2 heterocycles. The number of fused-ring (bicyclic) bond motifs is 1. The number of nitrogens with one attached hydrogen (secondary N) is 1. The molecule has 0 aliphatic carbocycles. The van der Waals surface area contributed by atoms with Crippen LogP contribution in [0.25, 0.3) is 16.7 Å². The summed E-state index contributed by atoms with van der Waals surface area (Å²) < 4.78 is 5.58. The Morgan fingerprint density at radius 3 is 2.36 bits per heavy atom. The second-order valence-corrected chi connectivity index (χ2v) is 8.83. The zero-order valence-corrected chi connectivity index (χ0v) is 20.4. The van der Waals surface area contributed by atoms with Gasteiger partial charge in [-0.2, -0.15) is 0 Å². The largest absolute Gasteiger partial charge is 0.507 e. The lowest BCUT2D eigenvalue weighted by Crippen LogP contribution is -2.29. The van der Waals surface area contributed by atoms with Crippen LogP contribution in [-0.2, 0) is 9.59 Å². The number of ether oxygens (including phenoxy) is 1. The predicted molar refractivity (Wildman–Crippen MR) is 141 cm³/mol. The van der Waals surface area contributed by atoms with Crippen LogP contribution >= 0.6 is 0 Å². The Morgan fingerprint density at radius 2 is 1.69 bits per heavy atom. The van der Waals surface area contributed by atoms with E-state index in [0.29, 0.717) is 29.2 Å². The summed E-state index contributed by atoms with van der Waals surface area (Å²) in [6.45, 7) is 2.43. The molecular weight excluding hydrogens is 454 g/mol. The summed E-state index contributed by atoms with van der Waals surface area (Å²) in [5, 5.41) is 12.2. The highest BCUT2D eigenvalue weighted by Crippen LogP contribution is 2.43. The van der Waals surface area contributed by atoms with Crippen LogP contribution in [0.2, 0.25) is 0 Å². The van der Waals surface area contributed by atoms with Crippen molar-refractivity contribution in [3.63, 3.8) is 0 Å². The Kier molecular flexibility index (Phi) is 5.98. The van der Waals surface area contributed by atoms with Gasteiger partial charge in [-0.25, -0.2) is 0 Å². The molecule has 1 saturated heterocycles. The maximum Gasteiger partial charge on any atom is 0.300 e. The molecule has 2 N–H and O–H groups in total. The number of amides is 1. The standard InChI is InChI=1S/C29H27N3O4/c1-4-36-21-15-9-18(10-16-21)26-25(27(33)23-17-30-24-8-6-5-7-22(23)24)28(34)29(35)32(26)20-13-11-19(12-14-20)31(2)3/h5-17,26,30,33H,4H2,1-3H3/b27-25-. The maximum absolute atomic E-state index is 13.4. The van der Waals surface area contributed by atoms with E-state index in [0.717, 1.165) is 16.6 Å². The monoisotopic (exact) mass is 481 g/mol. The van der Waals surface area contributed by atoms with Crippen molar-refractivity contribution in [3.8, 4) is 5.75 Å². The second-order valence-electron chi connectivity index (χ2n) is 8.83. The summed E-state index contributed by atoms with van der Waals surface area (Å²) in [5.74, 6) is -0.941. The molecule has 0 saturated carbocycles. The van der Waals surface area contributed by atoms with E-state index in [-0.39, 0.29) is 11.3 Å². The maximum atomic E-state index is 13.4. The Balaban J connectivity index is 1.69. The molecular formula is C29H27N3O4. The van der Waals surface area contributed by atoms with Crippen molar-refractivity contribution in [1.82, 2.24) is 4.98 Å². The predicted octanol–water partition coefficient (Wildman–Crippen LogP) is 5.26. The fourth-order valence-electron chi connectivity index (χ4n) is 4.65. The fourth-order valence-corrected chi connectivity index (χ4v) is 4.65. The van der Waals surface area contributed by atoms with Gasteiger partial charge in [0.2, 0.25) is 0 Å². The molecule has 1 aromatic heterocycles. The number of Topliss-reactive ketones (excluding diaryl/α,β-unsaturated/α-hetero) is 1. The Morgan fingerprint density at radius 1 is 1.00 bits per heavy atom. The topological polar surface area (TPSA) is 85.9 Å². The van der Waals surface area contributed by atoms with Crippen molar-refractivity contribution in [3.05, 3.63) is 95.7 Å². The smallest absolute Gasteiger partial charge is 0.300 e. The van der Waals surface area contributed by atoms with Gasteiger partial charge in [0.25, 0.3) is 11.7 Å². The van der Waals surface area contributed by atoms with E-state index in [1.807, 2.05) is 86.6 Å². The Labute approximate surface area is 209 Å². The van der Waals surface area contributed by atoms with E-state index in [1.54, 1.807) is 18.3 Å². The minimum Gasteiger partial charge on any atom is -0.507 e. The zero-order chi connectivity index (χ0) is 25.4. The molecule has 1 aliphatic heterocycles. The normalized spacial score (nSPS) is 17.1. The highest BCUT2D eigenvalue weighted by molar-refractivity contribution is 6.51. The third-order valence-corrected chi connectivity index (χ3v) is 6.44. The van der Waals surface area contributed by atoms with Gasteiger partial charge in [-0.05, 0) is 55.0 Å². The number of hydrogen-bond donors (Lipinski definition) is 2. The van der Waals surface area contributed by atoms with Crippen LogP contribution in [0.15, 0.2) is 84.6 Å². The number of anilines is 2. The number of benzene rings is 3. The van der Waals surface area contributed by atoms with Crippen LogP contribution in [0.5, 0.6) is 5.75 Å². The van der Waals surface area contributed by atoms with Crippen molar-refractivity contribution >= 4 is 39.7 Å². The number of nitrogens with zero attached hydrogens (tertiary/aromatic N) is 2. The molecule has 0 radical (unpaired) electrons. The van der Waals surface area contributed by atoms with Gasteiger partial charge in [0.05, 0.1) is 18.2 Å². The quantitative estimate of drug-likeness (QED) is 0.223. The van der Waals surface area contributed by atoms with Crippen molar-refractivity contribution in [2.75, 3.05) is 30.5 Å². The molecule has 1 unspecified atom stereocenters. The van der Waals surface area contributed by atoms with Crippen molar-refractivity contribution in [1.29, 1.82) is 0 Å². The van der Waals surface area contributed by atoms with Crippen LogP contribution in [0.3, 0.4) is 0 Å². The lowest BCUT2D eigenvalue weighted by Gasteiger charge is -2.26. The van der Waals surface area contributed by atoms with Gasteiger partial charge in [-0.1, -0.05) is 30.3 Å². The van der Waals surface area contributed by atoms with Gasteiger partial charge >= 0.3 is 0 Å². The molecule has 1 amide bonds. The summed E-state index contributed by atoms with van der Waals surface area (Å²) in [4.78, 5) is 33.4. The average molecular weight is 482 g/mol. The van der Waals surface area contributed by atoms with Crippen LogP contribution in [0, 0.1) is 0 Å². The number of carbonyl (C=O) groups is 2. The molecule has 1 fully saturated rings. The van der Waals surface area contributed by atoms with E-state index in [1.165, 1.54) is 4.90 Å². The number of aliphatic hydroxyl groups is 1. The number of rotatable bonds is 6. The number of aliphatic hydroxyl groups excluding tert-OH is 1. The molecule has 36 heavy (non-hydrogen) atoms. The van der Waals surface area contributed by atoms with Gasteiger partial charge in [0.1, 0.15) is 11.5 Å². The van der Waals surface area contributed by atoms with Gasteiger partial charge in [0.15, 0.2) is 0 Å². The minimum atomic E-state index is -0.806. The van der Waals surface area contributed by atoms with Gasteiger partial charge in [-0.3, -0.25) is 14.5 Å². The van der Waals surface area contributed by atoms with Gasteiger partial charge < -0.3 is 19.7 Å². The summed E-state index contributed by atoms with van der Waals surface area (Å²) in [6, 6.07) is 21.4. The van der Waals surface area contributed by atoms with Gasteiger partial charge in [0, 0.05) is 48.1 Å². The van der Waals surface area contributed by atoms with E-state index in [9.17, 15) is 14.7 Å². The number of aromatic nitrogens is 1. The summed E-state index contributed by atoms with van der Waals surface area (Å²) in [7, 11) is 3.87. The first-order valence-electron chi connectivity index (χ1n) is 11.8. The molecule has 1 atom stereocenters. The molecule has 0 bridgehead atoms. The van der Waals surface area contributed by atoms with E-state index >= 15 is 0 Å². The van der Waals surface area contributed by atoms with E-state index in [2.05, 4.69) is 4.98 Å². The molecule has 7 heteroatoms. The highest BCUT2D eigenvalue weighted by atomic mass is 16.5. The number of H-pyrrole nitrogens is 1. The number of hydrogen-bond acceptors (Lipinski definition) is 5. The highest BCUT2D eigenvalue weighted by Gasteiger charge is 2.47. The molecule has 3 aromatic carbocycles. The number of para-hydroxylation sites is 1. The van der Waals surface area contributed by atoms with E-state index in [4.69, 9.17) is 4.74 Å². The lowest BCUT2D eigenvalue weighted by atomic mass is 9.95. The molecule has 4 aromatic rings. The lowest BCUT2D eigenvalue weighted by molar-refractivity contribution is -0.132. The summed E-state index contributed by atoms with van der Waals surface area (Å²) in [6.07, 6.45) is 1.66. The van der Waals surface area contributed by atoms with Crippen LogP contribution in [0.1, 0.15) is 24.1 Å². The zero-order valence-electron chi connectivity index (χ0n) is 20.4. The minimum absolute atomic E-state index is 0.0469. The van der Waals surface area contributed by atoms with Crippen LogP contribution in [-0.4, -0.2) is 42.5 Å². The van der Waals surface area contributed by atoms with Crippen LogP contribution in [0.4, 0.5) is 11.4 Å². The van der Waals surface area contributed by atoms with Crippen LogP contribution < -0.4 is 14.5 Å². The first kappa shape index (κ1) is 23.2. The third kappa shape index (κ3) is 3.88. The van der Waals surface area contributed by atoms with Crippen molar-refractivity contribution < 1.29 is 19.4 Å². The van der Waals surface area contributed by atoms with Crippen molar-refractivity contribution in [2.24, 2.45) is 0 Å².